The van der Waals surface area contributed by atoms with Gasteiger partial charge in [0.05, 0.1) is 6.61 Å². The average molecular weight is 245 g/mol. The molecule has 0 radical (unpaired) electrons. The molecule has 5 heteroatoms. The van der Waals surface area contributed by atoms with Gasteiger partial charge in [-0.2, -0.15) is 0 Å². The maximum Gasteiger partial charge on any atom is 0.140 e. The van der Waals surface area contributed by atoms with Gasteiger partial charge in [-0.05, 0) is 12.3 Å². The number of nitrogens with zero attached hydrogens (tertiary/aromatic N) is 2. The number of amidine groups is 1. The first-order valence-corrected chi connectivity index (χ1v) is 6.24. The molecular formula is C12H27N3O2. The van der Waals surface area contributed by atoms with Gasteiger partial charge < -0.3 is 15.7 Å². The topological polar surface area (TPSA) is 71.1 Å². The first-order chi connectivity index (χ1) is 8.04. The van der Waals surface area contributed by atoms with Gasteiger partial charge in [-0.1, -0.05) is 25.9 Å². The van der Waals surface area contributed by atoms with Gasteiger partial charge in [0.2, 0.25) is 0 Å². The summed E-state index contributed by atoms with van der Waals surface area (Å²) in [6.07, 6.45) is 1.58. The summed E-state index contributed by atoms with van der Waals surface area (Å²) in [6.45, 7) is 9.09. The van der Waals surface area contributed by atoms with Crippen LogP contribution in [-0.4, -0.2) is 48.8 Å². The van der Waals surface area contributed by atoms with E-state index in [4.69, 9.17) is 15.7 Å². The molecule has 0 rings (SSSR count). The summed E-state index contributed by atoms with van der Waals surface area (Å²) in [6, 6.07) is 0.309. The zero-order valence-electron chi connectivity index (χ0n) is 11.5. The molecule has 102 valence electrons. The van der Waals surface area contributed by atoms with E-state index in [2.05, 4.69) is 30.8 Å². The molecule has 0 saturated carbocycles. The standard InChI is InChI=1S/C12H27N3O2/c1-5-11(8-12(13)14-16)15(6-7-17-4)9-10(2)3/h10-11,16H,5-9H2,1-4H3,(H2,13,14). The molecule has 0 spiro atoms. The summed E-state index contributed by atoms with van der Waals surface area (Å²) in [7, 11) is 1.71. The van der Waals surface area contributed by atoms with Gasteiger partial charge in [0, 0.05) is 32.7 Å². The normalized spacial score (nSPS) is 14.6. The van der Waals surface area contributed by atoms with Crippen LogP contribution in [0.1, 0.15) is 33.6 Å². The molecular weight excluding hydrogens is 218 g/mol. The van der Waals surface area contributed by atoms with Crippen LogP contribution in [0.25, 0.3) is 0 Å². The summed E-state index contributed by atoms with van der Waals surface area (Å²) >= 11 is 0. The van der Waals surface area contributed by atoms with E-state index in [0.717, 1.165) is 19.5 Å². The van der Waals surface area contributed by atoms with Gasteiger partial charge in [-0.25, -0.2) is 0 Å². The fraction of sp³-hybridized carbons (Fsp3) is 0.917. The molecule has 0 aromatic heterocycles. The maximum atomic E-state index is 8.64. The van der Waals surface area contributed by atoms with Crippen LogP contribution in [0, 0.1) is 5.92 Å². The highest BCUT2D eigenvalue weighted by Gasteiger charge is 2.18. The summed E-state index contributed by atoms with van der Waals surface area (Å²) in [5.74, 6) is 0.885. The molecule has 17 heavy (non-hydrogen) atoms. The first-order valence-electron chi connectivity index (χ1n) is 6.24. The van der Waals surface area contributed by atoms with Crippen molar-refractivity contribution in [1.82, 2.24) is 4.90 Å². The smallest absolute Gasteiger partial charge is 0.140 e. The predicted molar refractivity (Wildman–Crippen MR) is 70.4 cm³/mol. The van der Waals surface area contributed by atoms with Crippen molar-refractivity contribution >= 4 is 5.84 Å². The molecule has 0 aliphatic rings. The molecule has 0 aliphatic heterocycles. The number of oxime groups is 1. The zero-order chi connectivity index (χ0) is 13.3. The number of methoxy groups -OCH3 is 1. The Bertz CT molecular complexity index is 220. The van der Waals surface area contributed by atoms with Gasteiger partial charge >= 0.3 is 0 Å². The quantitative estimate of drug-likeness (QED) is 0.279. The highest BCUT2D eigenvalue weighted by atomic mass is 16.5. The van der Waals surface area contributed by atoms with Crippen molar-refractivity contribution in [2.75, 3.05) is 26.8 Å². The Hall–Kier alpha value is -0.810. The van der Waals surface area contributed by atoms with Crippen LogP contribution in [0.5, 0.6) is 0 Å². The zero-order valence-corrected chi connectivity index (χ0v) is 11.5. The number of hydrogen-bond acceptors (Lipinski definition) is 4. The lowest BCUT2D eigenvalue weighted by Crippen LogP contribution is -2.42. The van der Waals surface area contributed by atoms with Crippen LogP contribution in [-0.2, 0) is 4.74 Å². The first kappa shape index (κ1) is 16.2. The molecule has 0 fully saturated rings. The minimum Gasteiger partial charge on any atom is -0.409 e. The lowest BCUT2D eigenvalue weighted by atomic mass is 10.1. The van der Waals surface area contributed by atoms with E-state index < -0.39 is 0 Å². The summed E-state index contributed by atoms with van der Waals surface area (Å²) in [5, 5.41) is 11.7. The summed E-state index contributed by atoms with van der Waals surface area (Å²) < 4.78 is 5.13. The Labute approximate surface area is 105 Å². The summed E-state index contributed by atoms with van der Waals surface area (Å²) in [4.78, 5) is 2.35. The lowest BCUT2D eigenvalue weighted by Gasteiger charge is -2.32. The largest absolute Gasteiger partial charge is 0.409 e. The molecule has 0 aliphatic carbocycles. The van der Waals surface area contributed by atoms with E-state index in [1.165, 1.54) is 0 Å². The molecule has 5 nitrogen and oxygen atoms in total. The highest BCUT2D eigenvalue weighted by Crippen LogP contribution is 2.11. The molecule has 0 saturated heterocycles. The predicted octanol–water partition coefficient (Wildman–Crippen LogP) is 1.51. The van der Waals surface area contributed by atoms with Gasteiger partial charge in [-0.3, -0.25) is 4.90 Å². The van der Waals surface area contributed by atoms with Crippen molar-refractivity contribution in [3.63, 3.8) is 0 Å². The van der Waals surface area contributed by atoms with Crippen LogP contribution in [0.3, 0.4) is 0 Å². The van der Waals surface area contributed by atoms with E-state index in [0.29, 0.717) is 30.8 Å². The minimum absolute atomic E-state index is 0.294. The summed E-state index contributed by atoms with van der Waals surface area (Å²) in [5.41, 5.74) is 5.59. The van der Waals surface area contributed by atoms with Crippen molar-refractivity contribution < 1.29 is 9.94 Å². The van der Waals surface area contributed by atoms with Crippen LogP contribution in [0.4, 0.5) is 0 Å². The van der Waals surface area contributed by atoms with Crippen LogP contribution < -0.4 is 5.73 Å². The van der Waals surface area contributed by atoms with Crippen molar-refractivity contribution in [3.05, 3.63) is 0 Å². The van der Waals surface area contributed by atoms with Crippen molar-refractivity contribution in [2.24, 2.45) is 16.8 Å². The van der Waals surface area contributed by atoms with E-state index in [9.17, 15) is 0 Å². The van der Waals surface area contributed by atoms with Crippen molar-refractivity contribution in [3.8, 4) is 0 Å². The number of nitrogens with two attached hydrogens (primary N) is 1. The number of ether oxygens (including phenoxy) is 1. The molecule has 0 aromatic rings. The highest BCUT2D eigenvalue weighted by molar-refractivity contribution is 5.80. The van der Waals surface area contributed by atoms with Crippen LogP contribution >= 0.6 is 0 Å². The fourth-order valence-corrected chi connectivity index (χ4v) is 1.91. The minimum atomic E-state index is 0.294. The molecule has 3 N–H and O–H groups in total. The number of rotatable bonds is 9. The second-order valence-corrected chi connectivity index (χ2v) is 4.74. The maximum absolute atomic E-state index is 8.64. The molecule has 1 unspecified atom stereocenters. The van der Waals surface area contributed by atoms with Gasteiger partial charge in [0.1, 0.15) is 5.84 Å². The van der Waals surface area contributed by atoms with E-state index in [-0.39, 0.29) is 0 Å². The van der Waals surface area contributed by atoms with Crippen LogP contribution in [0.2, 0.25) is 0 Å². The molecule has 0 aromatic carbocycles. The van der Waals surface area contributed by atoms with E-state index in [1.54, 1.807) is 7.11 Å². The van der Waals surface area contributed by atoms with E-state index in [1.807, 2.05) is 0 Å². The van der Waals surface area contributed by atoms with Gasteiger partial charge in [0.25, 0.3) is 0 Å². The Morgan fingerprint density at radius 3 is 2.53 bits per heavy atom. The average Bonchev–Trinajstić information content (AvgIpc) is 2.30. The lowest BCUT2D eigenvalue weighted by molar-refractivity contribution is 0.109. The fourth-order valence-electron chi connectivity index (χ4n) is 1.91. The Morgan fingerprint density at radius 1 is 1.47 bits per heavy atom. The van der Waals surface area contributed by atoms with Crippen molar-refractivity contribution in [2.45, 2.75) is 39.7 Å². The second kappa shape index (κ2) is 9.24. The van der Waals surface area contributed by atoms with Crippen molar-refractivity contribution in [1.29, 1.82) is 0 Å². The third-order valence-corrected chi connectivity index (χ3v) is 2.74. The Kier molecular flexibility index (Phi) is 8.80. The third-order valence-electron chi connectivity index (χ3n) is 2.74. The SMILES string of the molecule is CCC(CC(N)=NO)N(CCOC)CC(C)C. The Balaban J connectivity index is 4.47. The Morgan fingerprint density at radius 2 is 2.12 bits per heavy atom. The van der Waals surface area contributed by atoms with Gasteiger partial charge in [0.15, 0.2) is 0 Å². The number of hydrogen-bond donors (Lipinski definition) is 2. The molecule has 0 bridgehead atoms. The second-order valence-electron chi connectivity index (χ2n) is 4.74. The monoisotopic (exact) mass is 245 g/mol. The molecule has 1 atom stereocenters. The molecule has 0 amide bonds. The van der Waals surface area contributed by atoms with Gasteiger partial charge in [-0.15, -0.1) is 0 Å². The van der Waals surface area contributed by atoms with Crippen LogP contribution in [0.15, 0.2) is 5.16 Å². The third kappa shape index (κ3) is 7.18. The van der Waals surface area contributed by atoms with E-state index >= 15 is 0 Å². The molecule has 0 heterocycles.